The third kappa shape index (κ3) is 3.05. The van der Waals surface area contributed by atoms with Crippen LogP contribution in [0.4, 0.5) is 5.69 Å². The molecule has 7 nitrogen and oxygen atoms in total. The number of rotatable bonds is 4. The Morgan fingerprint density at radius 3 is 2.50 bits per heavy atom. The molecule has 0 aliphatic carbocycles. The van der Waals surface area contributed by atoms with E-state index < -0.39 is 22.1 Å². The Kier molecular flexibility index (Phi) is 4.19. The van der Waals surface area contributed by atoms with Gasteiger partial charge in [-0.25, -0.2) is 0 Å². The standard InChI is InChI=1S/C13H16N2O5/c16-11-7-9(6-10(13(11)18)15(19)20)12(17)8-14-4-2-1-3-5-14/h6-7,16,18H,1-5,8H2. The normalized spacial score (nSPS) is 16.0. The zero-order valence-electron chi connectivity index (χ0n) is 10.9. The Hall–Kier alpha value is -2.15. The number of nitro benzene ring substituents is 1. The summed E-state index contributed by atoms with van der Waals surface area (Å²) in [5, 5.41) is 29.6. The van der Waals surface area contributed by atoms with Crippen LogP contribution in [0.25, 0.3) is 0 Å². The van der Waals surface area contributed by atoms with Gasteiger partial charge in [0.1, 0.15) is 0 Å². The highest BCUT2D eigenvalue weighted by Crippen LogP contribution is 2.36. The van der Waals surface area contributed by atoms with Gasteiger partial charge in [-0.15, -0.1) is 0 Å². The van der Waals surface area contributed by atoms with Gasteiger partial charge in [0.25, 0.3) is 0 Å². The topological polar surface area (TPSA) is 104 Å². The lowest BCUT2D eigenvalue weighted by Crippen LogP contribution is -2.34. The van der Waals surface area contributed by atoms with Crippen LogP contribution in [0.3, 0.4) is 0 Å². The number of aromatic hydroxyl groups is 2. The number of likely N-dealkylation sites (tertiary alicyclic amines) is 1. The highest BCUT2D eigenvalue weighted by Gasteiger charge is 2.23. The number of carbonyl (C=O) groups is 1. The molecule has 1 aliphatic heterocycles. The maximum absolute atomic E-state index is 12.1. The molecule has 1 heterocycles. The number of nitrogens with zero attached hydrogens (tertiary/aromatic N) is 2. The first-order valence-corrected chi connectivity index (χ1v) is 6.45. The first-order valence-electron chi connectivity index (χ1n) is 6.45. The van der Waals surface area contributed by atoms with Gasteiger partial charge < -0.3 is 10.2 Å². The van der Waals surface area contributed by atoms with E-state index in [-0.39, 0.29) is 17.9 Å². The van der Waals surface area contributed by atoms with Crippen molar-refractivity contribution >= 4 is 11.5 Å². The Morgan fingerprint density at radius 1 is 1.25 bits per heavy atom. The van der Waals surface area contributed by atoms with Crippen LogP contribution < -0.4 is 0 Å². The fourth-order valence-corrected chi connectivity index (χ4v) is 2.32. The number of ketones is 1. The molecular formula is C13H16N2O5. The molecule has 20 heavy (non-hydrogen) atoms. The molecule has 1 fully saturated rings. The molecule has 0 atom stereocenters. The monoisotopic (exact) mass is 280 g/mol. The highest BCUT2D eigenvalue weighted by molar-refractivity contribution is 5.99. The number of benzene rings is 1. The van der Waals surface area contributed by atoms with Crippen LogP contribution in [0.1, 0.15) is 29.6 Å². The van der Waals surface area contributed by atoms with E-state index in [1.54, 1.807) is 0 Å². The van der Waals surface area contributed by atoms with Gasteiger partial charge in [0.15, 0.2) is 11.5 Å². The number of phenolic OH excluding ortho intramolecular Hbond substituents is 2. The Labute approximate surface area is 115 Å². The number of phenols is 2. The van der Waals surface area contributed by atoms with Crippen molar-refractivity contribution in [1.29, 1.82) is 0 Å². The van der Waals surface area contributed by atoms with Crippen molar-refractivity contribution in [2.24, 2.45) is 0 Å². The maximum atomic E-state index is 12.1. The first-order chi connectivity index (χ1) is 9.49. The van der Waals surface area contributed by atoms with Gasteiger partial charge in [0.05, 0.1) is 11.5 Å². The second kappa shape index (κ2) is 5.87. The Bertz CT molecular complexity index is 538. The largest absolute Gasteiger partial charge is 0.504 e. The summed E-state index contributed by atoms with van der Waals surface area (Å²) in [5.74, 6) is -1.77. The van der Waals surface area contributed by atoms with Crippen LogP contribution in [0, 0.1) is 10.1 Å². The van der Waals surface area contributed by atoms with E-state index in [9.17, 15) is 25.1 Å². The van der Waals surface area contributed by atoms with Crippen molar-refractivity contribution in [2.75, 3.05) is 19.6 Å². The molecule has 0 amide bonds. The van der Waals surface area contributed by atoms with Crippen molar-refractivity contribution in [3.8, 4) is 11.5 Å². The summed E-state index contributed by atoms with van der Waals surface area (Å²) < 4.78 is 0. The minimum Gasteiger partial charge on any atom is -0.504 e. The van der Waals surface area contributed by atoms with Gasteiger partial charge in [-0.05, 0) is 32.0 Å². The quantitative estimate of drug-likeness (QED) is 0.376. The predicted molar refractivity (Wildman–Crippen MR) is 71.0 cm³/mol. The number of carbonyl (C=O) groups excluding carboxylic acids is 1. The number of nitro groups is 1. The third-order valence-corrected chi connectivity index (χ3v) is 3.40. The third-order valence-electron chi connectivity index (χ3n) is 3.40. The van der Waals surface area contributed by atoms with E-state index >= 15 is 0 Å². The van der Waals surface area contributed by atoms with Crippen molar-refractivity contribution < 1.29 is 19.9 Å². The number of Topliss-reactive ketones (excluding diaryl/α,β-unsaturated/α-hetero) is 1. The van der Waals surface area contributed by atoms with Gasteiger partial charge in [0, 0.05) is 11.6 Å². The van der Waals surface area contributed by atoms with Gasteiger partial charge in [-0.2, -0.15) is 0 Å². The summed E-state index contributed by atoms with van der Waals surface area (Å²) in [6, 6.07) is 2.07. The molecule has 1 aliphatic rings. The molecule has 2 rings (SSSR count). The molecule has 0 bridgehead atoms. The molecule has 1 saturated heterocycles. The number of piperidine rings is 1. The Morgan fingerprint density at radius 2 is 1.90 bits per heavy atom. The fourth-order valence-electron chi connectivity index (χ4n) is 2.32. The van der Waals surface area contributed by atoms with Crippen LogP contribution in [0.5, 0.6) is 11.5 Å². The lowest BCUT2D eigenvalue weighted by atomic mass is 10.1. The van der Waals surface area contributed by atoms with Gasteiger partial charge >= 0.3 is 5.69 Å². The Balaban J connectivity index is 2.19. The fraction of sp³-hybridized carbons (Fsp3) is 0.462. The summed E-state index contributed by atoms with van der Waals surface area (Å²) >= 11 is 0. The molecule has 0 unspecified atom stereocenters. The molecule has 2 N–H and O–H groups in total. The average molecular weight is 280 g/mol. The van der Waals surface area contributed by atoms with E-state index in [1.807, 2.05) is 4.90 Å². The molecule has 108 valence electrons. The van der Waals surface area contributed by atoms with Crippen molar-refractivity contribution in [3.05, 3.63) is 27.8 Å². The minimum absolute atomic E-state index is 0.0394. The molecule has 0 radical (unpaired) electrons. The molecule has 1 aromatic carbocycles. The lowest BCUT2D eigenvalue weighted by Gasteiger charge is -2.25. The van der Waals surface area contributed by atoms with Gasteiger partial charge in [0.2, 0.25) is 5.75 Å². The summed E-state index contributed by atoms with van der Waals surface area (Å²) in [6.07, 6.45) is 3.22. The smallest absolute Gasteiger partial charge is 0.315 e. The summed E-state index contributed by atoms with van der Waals surface area (Å²) in [6.45, 7) is 1.83. The lowest BCUT2D eigenvalue weighted by molar-refractivity contribution is -0.386. The molecule has 7 heteroatoms. The maximum Gasteiger partial charge on any atom is 0.315 e. The van der Waals surface area contributed by atoms with Crippen molar-refractivity contribution in [2.45, 2.75) is 19.3 Å². The number of hydrogen-bond acceptors (Lipinski definition) is 6. The van der Waals surface area contributed by atoms with Gasteiger partial charge in [-0.1, -0.05) is 6.42 Å². The summed E-state index contributed by atoms with van der Waals surface area (Å²) in [7, 11) is 0. The zero-order chi connectivity index (χ0) is 14.7. The highest BCUT2D eigenvalue weighted by atomic mass is 16.6. The van der Waals surface area contributed by atoms with Crippen LogP contribution in [0.15, 0.2) is 12.1 Å². The zero-order valence-corrected chi connectivity index (χ0v) is 10.9. The van der Waals surface area contributed by atoms with Crippen molar-refractivity contribution in [3.63, 3.8) is 0 Å². The minimum atomic E-state index is -0.827. The first kappa shape index (κ1) is 14.3. The van der Waals surface area contributed by atoms with Crippen LogP contribution in [-0.2, 0) is 0 Å². The molecule has 0 aromatic heterocycles. The number of hydrogen-bond donors (Lipinski definition) is 2. The molecular weight excluding hydrogens is 264 g/mol. The predicted octanol–water partition coefficient (Wildman–Crippen LogP) is 1.67. The SMILES string of the molecule is O=C(CN1CCCCC1)c1cc(O)c(O)c([N+](=O)[O-])c1. The second-order valence-electron chi connectivity index (χ2n) is 4.88. The van der Waals surface area contributed by atoms with Crippen molar-refractivity contribution in [1.82, 2.24) is 4.90 Å². The van der Waals surface area contributed by atoms with E-state index in [2.05, 4.69) is 0 Å². The van der Waals surface area contributed by atoms with Gasteiger partial charge in [-0.3, -0.25) is 19.8 Å². The van der Waals surface area contributed by atoms with E-state index in [4.69, 9.17) is 0 Å². The van der Waals surface area contributed by atoms with E-state index in [0.717, 1.165) is 44.5 Å². The van der Waals surface area contributed by atoms with E-state index in [0.29, 0.717) is 0 Å². The molecule has 1 aromatic rings. The average Bonchev–Trinajstić information content (AvgIpc) is 2.42. The molecule has 0 spiro atoms. The second-order valence-corrected chi connectivity index (χ2v) is 4.88. The van der Waals surface area contributed by atoms with Crippen LogP contribution in [-0.4, -0.2) is 45.5 Å². The van der Waals surface area contributed by atoms with E-state index in [1.165, 1.54) is 0 Å². The van der Waals surface area contributed by atoms with Crippen LogP contribution in [0.2, 0.25) is 0 Å². The van der Waals surface area contributed by atoms with Crippen LogP contribution >= 0.6 is 0 Å². The molecule has 0 saturated carbocycles. The summed E-state index contributed by atoms with van der Waals surface area (Å²) in [4.78, 5) is 24.0. The summed E-state index contributed by atoms with van der Waals surface area (Å²) in [5.41, 5.74) is -0.621.